The number of likely N-dealkylation sites (tertiary alicyclic amines) is 1. The molecule has 0 radical (unpaired) electrons. The lowest BCUT2D eigenvalue weighted by Crippen LogP contribution is -2.58. The summed E-state index contributed by atoms with van der Waals surface area (Å²) in [6.45, 7) is 4.71. The summed E-state index contributed by atoms with van der Waals surface area (Å²) in [7, 11) is 3.30. The molecule has 1 saturated heterocycles. The van der Waals surface area contributed by atoms with E-state index < -0.39 is 0 Å². The van der Waals surface area contributed by atoms with E-state index in [9.17, 15) is 0 Å². The Hall–Kier alpha value is -2.18. The van der Waals surface area contributed by atoms with Crippen molar-refractivity contribution >= 4 is 0 Å². The number of aromatic nitrogens is 2. The van der Waals surface area contributed by atoms with Gasteiger partial charge in [0, 0.05) is 37.4 Å². The van der Waals surface area contributed by atoms with Gasteiger partial charge in [-0.3, -0.25) is 0 Å². The smallest absolute Gasteiger partial charge is 0.212 e. The van der Waals surface area contributed by atoms with Gasteiger partial charge < -0.3 is 19.7 Å². The largest absolute Gasteiger partial charge is 0.481 e. The minimum Gasteiger partial charge on any atom is -0.481 e. The molecule has 158 valence electrons. The number of ether oxygens (including phenoxy) is 2. The van der Waals surface area contributed by atoms with Gasteiger partial charge in [-0.1, -0.05) is 12.1 Å². The van der Waals surface area contributed by atoms with Gasteiger partial charge in [0.2, 0.25) is 11.8 Å². The maximum Gasteiger partial charge on any atom is 0.212 e. The SMILES string of the molecule is COc1ccc(CCC[N+]2(CCCc3ccc(OC)nc3)CCCC(N)C2)cn1. The maximum atomic E-state index is 6.38. The molecule has 2 aromatic heterocycles. The van der Waals surface area contributed by atoms with Crippen molar-refractivity contribution in [3.8, 4) is 11.8 Å². The van der Waals surface area contributed by atoms with Gasteiger partial charge >= 0.3 is 0 Å². The number of quaternary nitrogens is 1. The van der Waals surface area contributed by atoms with E-state index in [4.69, 9.17) is 15.2 Å². The van der Waals surface area contributed by atoms with Gasteiger partial charge in [0.05, 0.1) is 46.4 Å². The molecule has 29 heavy (non-hydrogen) atoms. The standard InChI is InChI=1S/C23H35N4O2/c1-28-22-11-9-19(16-25-22)6-3-13-27(15-5-8-21(24)18-27)14-4-7-20-10-12-23(29-2)26-17-20/h9-12,16-17,21H,3-8,13-15,18,24H2,1-2H3/q+1. The zero-order chi connectivity index (χ0) is 20.5. The van der Waals surface area contributed by atoms with Crippen LogP contribution in [0.15, 0.2) is 36.7 Å². The summed E-state index contributed by atoms with van der Waals surface area (Å²) < 4.78 is 11.4. The van der Waals surface area contributed by atoms with Crippen LogP contribution >= 0.6 is 0 Å². The molecule has 1 atom stereocenters. The Kier molecular flexibility index (Phi) is 7.83. The van der Waals surface area contributed by atoms with Gasteiger partial charge in [0.25, 0.3) is 0 Å². The van der Waals surface area contributed by atoms with E-state index in [1.807, 2.05) is 24.5 Å². The Balaban J connectivity index is 1.53. The predicted octanol–water partition coefficient (Wildman–Crippen LogP) is 3.00. The van der Waals surface area contributed by atoms with Crippen LogP contribution in [-0.4, -0.2) is 60.9 Å². The van der Waals surface area contributed by atoms with Gasteiger partial charge in [-0.25, -0.2) is 9.97 Å². The Morgan fingerprint density at radius 1 is 0.931 bits per heavy atom. The van der Waals surface area contributed by atoms with Crippen molar-refractivity contribution in [1.29, 1.82) is 0 Å². The lowest BCUT2D eigenvalue weighted by molar-refractivity contribution is -0.933. The number of piperidine rings is 1. The molecule has 0 saturated carbocycles. The van der Waals surface area contributed by atoms with Crippen LogP contribution < -0.4 is 15.2 Å². The molecule has 0 bridgehead atoms. The fraction of sp³-hybridized carbons (Fsp3) is 0.565. The molecule has 3 heterocycles. The highest BCUT2D eigenvalue weighted by molar-refractivity contribution is 5.18. The number of rotatable bonds is 10. The molecule has 6 heteroatoms. The number of nitrogens with two attached hydrogens (primary N) is 1. The van der Waals surface area contributed by atoms with E-state index in [1.54, 1.807) is 14.2 Å². The molecule has 1 unspecified atom stereocenters. The zero-order valence-electron chi connectivity index (χ0n) is 17.8. The van der Waals surface area contributed by atoms with E-state index >= 15 is 0 Å². The average molecular weight is 400 g/mol. The molecule has 6 nitrogen and oxygen atoms in total. The van der Waals surface area contributed by atoms with Crippen molar-refractivity contribution in [3.63, 3.8) is 0 Å². The van der Waals surface area contributed by atoms with E-state index in [1.165, 1.54) is 37.2 Å². The van der Waals surface area contributed by atoms with Gasteiger partial charge in [-0.05, 0) is 36.8 Å². The number of methoxy groups -OCH3 is 2. The minimum absolute atomic E-state index is 0.328. The molecule has 2 N–H and O–H groups in total. The van der Waals surface area contributed by atoms with Crippen molar-refractivity contribution in [2.45, 2.75) is 44.6 Å². The van der Waals surface area contributed by atoms with E-state index in [0.29, 0.717) is 17.8 Å². The van der Waals surface area contributed by atoms with E-state index in [2.05, 4.69) is 22.1 Å². The number of aryl methyl sites for hydroxylation is 2. The van der Waals surface area contributed by atoms with Gasteiger partial charge in [-0.15, -0.1) is 0 Å². The Labute approximate surface area is 174 Å². The first-order chi connectivity index (χ1) is 14.1. The molecular formula is C23H35N4O2+. The van der Waals surface area contributed by atoms with Crippen molar-refractivity contribution < 1.29 is 14.0 Å². The summed E-state index contributed by atoms with van der Waals surface area (Å²) in [6.07, 6.45) is 10.7. The summed E-state index contributed by atoms with van der Waals surface area (Å²) in [5.41, 5.74) is 8.92. The molecule has 2 aromatic rings. The van der Waals surface area contributed by atoms with Crippen molar-refractivity contribution in [2.75, 3.05) is 40.4 Å². The van der Waals surface area contributed by atoms with Crippen LogP contribution in [0.25, 0.3) is 0 Å². The molecule has 1 fully saturated rings. The minimum atomic E-state index is 0.328. The third-order valence-electron chi connectivity index (χ3n) is 6.04. The Morgan fingerprint density at radius 2 is 1.48 bits per heavy atom. The zero-order valence-corrected chi connectivity index (χ0v) is 17.8. The highest BCUT2D eigenvalue weighted by atomic mass is 16.5. The monoisotopic (exact) mass is 399 g/mol. The number of hydrogen-bond acceptors (Lipinski definition) is 5. The van der Waals surface area contributed by atoms with Crippen LogP contribution in [0.3, 0.4) is 0 Å². The summed E-state index contributed by atoms with van der Waals surface area (Å²) in [5.74, 6) is 1.35. The normalized spacial score (nSPS) is 18.4. The number of hydrogen-bond donors (Lipinski definition) is 1. The molecule has 0 aliphatic carbocycles. The fourth-order valence-electron chi connectivity index (χ4n) is 4.48. The predicted molar refractivity (Wildman–Crippen MR) is 115 cm³/mol. The van der Waals surface area contributed by atoms with Crippen LogP contribution in [-0.2, 0) is 12.8 Å². The van der Waals surface area contributed by atoms with Gasteiger partial charge in [0.15, 0.2) is 0 Å². The molecule has 0 spiro atoms. The van der Waals surface area contributed by atoms with Crippen molar-refractivity contribution in [1.82, 2.24) is 9.97 Å². The molecule has 1 aliphatic heterocycles. The first kappa shape index (κ1) is 21.5. The second-order valence-corrected chi connectivity index (χ2v) is 8.22. The summed E-state index contributed by atoms with van der Waals surface area (Å²) in [5, 5.41) is 0. The second-order valence-electron chi connectivity index (χ2n) is 8.22. The third kappa shape index (κ3) is 6.41. The van der Waals surface area contributed by atoms with Crippen LogP contribution in [0, 0.1) is 0 Å². The number of pyridine rings is 2. The van der Waals surface area contributed by atoms with Crippen molar-refractivity contribution in [3.05, 3.63) is 47.8 Å². The summed E-state index contributed by atoms with van der Waals surface area (Å²) >= 11 is 0. The van der Waals surface area contributed by atoms with Crippen molar-refractivity contribution in [2.24, 2.45) is 5.73 Å². The van der Waals surface area contributed by atoms with Crippen LogP contribution in [0.4, 0.5) is 0 Å². The van der Waals surface area contributed by atoms with Crippen LogP contribution in [0.2, 0.25) is 0 Å². The summed E-state index contributed by atoms with van der Waals surface area (Å²) in [4.78, 5) is 8.65. The van der Waals surface area contributed by atoms with Crippen LogP contribution in [0.1, 0.15) is 36.8 Å². The summed E-state index contributed by atoms with van der Waals surface area (Å²) in [6, 6.07) is 8.46. The highest BCUT2D eigenvalue weighted by Crippen LogP contribution is 2.22. The quantitative estimate of drug-likeness (QED) is 0.622. The molecular weight excluding hydrogens is 364 g/mol. The lowest BCUT2D eigenvalue weighted by atomic mass is 10.0. The molecule has 0 amide bonds. The molecule has 0 aromatic carbocycles. The van der Waals surface area contributed by atoms with Gasteiger partial charge in [-0.2, -0.15) is 0 Å². The fourth-order valence-corrected chi connectivity index (χ4v) is 4.48. The van der Waals surface area contributed by atoms with E-state index in [-0.39, 0.29) is 0 Å². The first-order valence-corrected chi connectivity index (χ1v) is 10.7. The highest BCUT2D eigenvalue weighted by Gasteiger charge is 2.32. The second kappa shape index (κ2) is 10.6. The lowest BCUT2D eigenvalue weighted by Gasteiger charge is -2.44. The van der Waals surface area contributed by atoms with E-state index in [0.717, 1.165) is 43.1 Å². The Bertz CT molecular complexity index is 680. The maximum absolute atomic E-state index is 6.38. The molecule has 1 aliphatic rings. The topological polar surface area (TPSA) is 70.3 Å². The molecule has 3 rings (SSSR count). The van der Waals surface area contributed by atoms with Crippen LogP contribution in [0.5, 0.6) is 11.8 Å². The third-order valence-corrected chi connectivity index (χ3v) is 6.04. The Morgan fingerprint density at radius 3 is 1.90 bits per heavy atom. The van der Waals surface area contributed by atoms with Gasteiger partial charge in [0.1, 0.15) is 0 Å². The average Bonchev–Trinajstić information content (AvgIpc) is 2.75. The first-order valence-electron chi connectivity index (χ1n) is 10.7. The number of nitrogens with zero attached hydrogens (tertiary/aromatic N) is 3.